The molecule has 2 rings (SSSR count). The molecular weight excluding hydrogens is 254 g/mol. The highest BCUT2D eigenvalue weighted by Crippen LogP contribution is 2.25. The van der Waals surface area contributed by atoms with Gasteiger partial charge in [0, 0.05) is 12.6 Å². The van der Waals surface area contributed by atoms with Crippen molar-refractivity contribution in [1.82, 2.24) is 4.90 Å². The van der Waals surface area contributed by atoms with E-state index in [4.69, 9.17) is 0 Å². The molecule has 1 aliphatic rings. The van der Waals surface area contributed by atoms with Crippen LogP contribution in [0, 0.1) is 12.0 Å². The van der Waals surface area contributed by atoms with E-state index >= 15 is 0 Å². The Kier molecular flexibility index (Phi) is 6.76. The number of benzene rings is 1. The fourth-order valence-corrected chi connectivity index (χ4v) is 3.48. The van der Waals surface area contributed by atoms with Gasteiger partial charge in [0.2, 0.25) is 0 Å². The van der Waals surface area contributed by atoms with Crippen LogP contribution in [0.25, 0.3) is 0 Å². The fraction of sp³-hybridized carbons (Fsp3) is 0.700. The molecule has 1 aliphatic carbocycles. The second-order valence-electron chi connectivity index (χ2n) is 6.96. The Labute approximate surface area is 131 Å². The number of hydrogen-bond donors (Lipinski definition) is 0. The van der Waals surface area contributed by atoms with Gasteiger partial charge in [-0.05, 0) is 55.3 Å². The second-order valence-corrected chi connectivity index (χ2v) is 6.96. The summed E-state index contributed by atoms with van der Waals surface area (Å²) in [6, 6.07) is 10.9. The standard InChI is InChI=1S/C20H32N/c1-4-21(20-12-6-5-7-13-20)16-19-11-9-8-10-18(19)15-14-17(2)3/h8-9,11,17,20H,4-7,12-16H2,1-3H3. The summed E-state index contributed by atoms with van der Waals surface area (Å²) in [7, 11) is 0. The summed E-state index contributed by atoms with van der Waals surface area (Å²) in [6.07, 6.45) is 9.51. The van der Waals surface area contributed by atoms with Gasteiger partial charge in [0.15, 0.2) is 0 Å². The zero-order valence-electron chi connectivity index (χ0n) is 14.2. The molecule has 21 heavy (non-hydrogen) atoms. The van der Waals surface area contributed by atoms with Crippen molar-refractivity contribution in [2.24, 2.45) is 5.92 Å². The minimum Gasteiger partial charge on any atom is -0.296 e. The monoisotopic (exact) mass is 286 g/mol. The van der Waals surface area contributed by atoms with Crippen LogP contribution in [0.4, 0.5) is 0 Å². The van der Waals surface area contributed by atoms with Crippen molar-refractivity contribution < 1.29 is 0 Å². The van der Waals surface area contributed by atoms with Crippen molar-refractivity contribution in [3.63, 3.8) is 0 Å². The van der Waals surface area contributed by atoms with Crippen LogP contribution < -0.4 is 0 Å². The molecule has 0 amide bonds. The highest BCUT2D eigenvalue weighted by molar-refractivity contribution is 5.26. The molecule has 1 aromatic carbocycles. The van der Waals surface area contributed by atoms with E-state index < -0.39 is 0 Å². The van der Waals surface area contributed by atoms with Crippen LogP contribution in [-0.2, 0) is 13.0 Å². The Hall–Kier alpha value is -0.820. The minimum absolute atomic E-state index is 0.770. The van der Waals surface area contributed by atoms with E-state index in [-0.39, 0.29) is 0 Å². The normalized spacial score (nSPS) is 16.8. The summed E-state index contributed by atoms with van der Waals surface area (Å²) in [5.41, 5.74) is 2.95. The van der Waals surface area contributed by atoms with E-state index in [1.54, 1.807) is 0 Å². The summed E-state index contributed by atoms with van der Waals surface area (Å²) in [4.78, 5) is 2.70. The molecule has 0 spiro atoms. The first-order valence-corrected chi connectivity index (χ1v) is 8.93. The van der Waals surface area contributed by atoms with Gasteiger partial charge in [-0.1, -0.05) is 58.2 Å². The zero-order chi connectivity index (χ0) is 15.1. The maximum Gasteiger partial charge on any atom is 0.0239 e. The number of rotatable bonds is 7. The van der Waals surface area contributed by atoms with Crippen LogP contribution in [0.3, 0.4) is 0 Å². The lowest BCUT2D eigenvalue weighted by Gasteiger charge is -2.34. The van der Waals surface area contributed by atoms with Gasteiger partial charge in [0.05, 0.1) is 0 Å². The van der Waals surface area contributed by atoms with Gasteiger partial charge in [-0.25, -0.2) is 0 Å². The van der Waals surface area contributed by atoms with Gasteiger partial charge in [-0.2, -0.15) is 0 Å². The smallest absolute Gasteiger partial charge is 0.0239 e. The molecule has 117 valence electrons. The lowest BCUT2D eigenvalue weighted by atomic mass is 9.93. The number of hydrogen-bond acceptors (Lipinski definition) is 1. The molecule has 1 saturated carbocycles. The summed E-state index contributed by atoms with van der Waals surface area (Å²) in [5.74, 6) is 0.770. The largest absolute Gasteiger partial charge is 0.296 e. The van der Waals surface area contributed by atoms with Gasteiger partial charge in [-0.15, -0.1) is 0 Å². The SMILES string of the molecule is CCN(Cc1ccc[c]c1CCC(C)C)C1CCCCC1. The Balaban J connectivity index is 2.02. The average molecular weight is 286 g/mol. The van der Waals surface area contributed by atoms with Gasteiger partial charge >= 0.3 is 0 Å². The molecule has 0 aliphatic heterocycles. The first-order chi connectivity index (χ1) is 10.2. The van der Waals surface area contributed by atoms with Crippen molar-refractivity contribution in [3.8, 4) is 0 Å². The van der Waals surface area contributed by atoms with Gasteiger partial charge < -0.3 is 0 Å². The molecule has 1 heteroatoms. The Bertz CT molecular complexity index is 404. The zero-order valence-corrected chi connectivity index (χ0v) is 14.2. The van der Waals surface area contributed by atoms with E-state index in [0.717, 1.165) is 18.5 Å². The molecule has 0 atom stereocenters. The number of nitrogens with zero attached hydrogens (tertiary/aromatic N) is 1. The summed E-state index contributed by atoms with van der Waals surface area (Å²) < 4.78 is 0. The highest BCUT2D eigenvalue weighted by atomic mass is 15.1. The average Bonchev–Trinajstić information content (AvgIpc) is 2.52. The minimum atomic E-state index is 0.770. The first-order valence-electron chi connectivity index (χ1n) is 8.93. The molecular formula is C20H32N. The van der Waals surface area contributed by atoms with Crippen molar-refractivity contribution in [2.45, 2.75) is 78.3 Å². The van der Waals surface area contributed by atoms with Crippen molar-refractivity contribution in [2.75, 3.05) is 6.54 Å². The van der Waals surface area contributed by atoms with Gasteiger partial charge in [-0.3, -0.25) is 4.90 Å². The molecule has 1 fully saturated rings. The van der Waals surface area contributed by atoms with Crippen LogP contribution in [-0.4, -0.2) is 17.5 Å². The lowest BCUT2D eigenvalue weighted by Crippen LogP contribution is -2.36. The molecule has 0 N–H and O–H groups in total. The van der Waals surface area contributed by atoms with E-state index in [1.807, 2.05) is 0 Å². The van der Waals surface area contributed by atoms with Crippen LogP contribution in [0.15, 0.2) is 18.2 Å². The highest BCUT2D eigenvalue weighted by Gasteiger charge is 2.20. The maximum atomic E-state index is 3.50. The third-order valence-corrected chi connectivity index (χ3v) is 4.88. The summed E-state index contributed by atoms with van der Waals surface area (Å²) in [6.45, 7) is 9.22. The van der Waals surface area contributed by atoms with Crippen molar-refractivity contribution >= 4 is 0 Å². The maximum absolute atomic E-state index is 3.50. The Morgan fingerprint density at radius 3 is 2.67 bits per heavy atom. The van der Waals surface area contributed by atoms with Gasteiger partial charge in [0.1, 0.15) is 0 Å². The third-order valence-electron chi connectivity index (χ3n) is 4.88. The van der Waals surface area contributed by atoms with Crippen LogP contribution in [0.5, 0.6) is 0 Å². The lowest BCUT2D eigenvalue weighted by molar-refractivity contribution is 0.155. The van der Waals surface area contributed by atoms with Crippen LogP contribution in [0.2, 0.25) is 0 Å². The summed E-state index contributed by atoms with van der Waals surface area (Å²) >= 11 is 0. The van der Waals surface area contributed by atoms with Crippen LogP contribution >= 0.6 is 0 Å². The topological polar surface area (TPSA) is 3.24 Å². The molecule has 0 bridgehead atoms. The molecule has 1 aromatic rings. The van der Waals surface area contributed by atoms with Crippen molar-refractivity contribution in [1.29, 1.82) is 0 Å². The Morgan fingerprint density at radius 2 is 2.00 bits per heavy atom. The molecule has 1 nitrogen and oxygen atoms in total. The predicted octanol–water partition coefficient (Wildman–Crippen LogP) is 5.23. The van der Waals surface area contributed by atoms with E-state index in [2.05, 4.69) is 49.9 Å². The summed E-state index contributed by atoms with van der Waals surface area (Å²) in [5, 5.41) is 0. The second kappa shape index (κ2) is 8.58. The Morgan fingerprint density at radius 1 is 1.24 bits per heavy atom. The van der Waals surface area contributed by atoms with E-state index in [1.165, 1.54) is 62.6 Å². The molecule has 0 saturated heterocycles. The quantitative estimate of drug-likeness (QED) is 0.663. The molecule has 0 heterocycles. The van der Waals surface area contributed by atoms with E-state index in [0.29, 0.717) is 0 Å². The number of aryl methyl sites for hydroxylation is 1. The van der Waals surface area contributed by atoms with Gasteiger partial charge in [0.25, 0.3) is 0 Å². The van der Waals surface area contributed by atoms with Crippen LogP contribution in [0.1, 0.15) is 70.4 Å². The first kappa shape index (κ1) is 16.5. The van der Waals surface area contributed by atoms with E-state index in [9.17, 15) is 0 Å². The molecule has 0 aromatic heterocycles. The third kappa shape index (κ3) is 5.14. The predicted molar refractivity (Wildman–Crippen MR) is 91.4 cm³/mol. The fourth-order valence-electron chi connectivity index (χ4n) is 3.48. The molecule has 0 unspecified atom stereocenters. The molecule has 1 radical (unpaired) electrons. The van der Waals surface area contributed by atoms with Crippen molar-refractivity contribution in [3.05, 3.63) is 35.4 Å².